The molecule has 6 heteroatoms. The van der Waals surface area contributed by atoms with Crippen LogP contribution in [-0.2, 0) is 4.79 Å². The van der Waals surface area contributed by atoms with Crippen molar-refractivity contribution in [2.24, 2.45) is 0 Å². The van der Waals surface area contributed by atoms with Gasteiger partial charge in [-0.3, -0.25) is 9.59 Å². The third kappa shape index (κ3) is 4.29. The fraction of sp³-hybridized carbons (Fsp3) is 0. The minimum absolute atomic E-state index is 0.203. The van der Waals surface area contributed by atoms with Crippen molar-refractivity contribution in [1.29, 1.82) is 0 Å². The maximum atomic E-state index is 10.6. The Kier molecular flexibility index (Phi) is 6.93. The summed E-state index contributed by atoms with van der Waals surface area (Å²) in [5, 5.41) is -0.0650. The van der Waals surface area contributed by atoms with Crippen LogP contribution in [0.3, 0.4) is 0 Å². The van der Waals surface area contributed by atoms with Crippen molar-refractivity contribution in [1.82, 2.24) is 0 Å². The fourth-order valence-electron chi connectivity index (χ4n) is 0.656. The number of hydrogen-bond acceptors (Lipinski definition) is 2. The molecule has 0 radical (unpaired) electrons. The smallest absolute Gasteiger partial charge is 0.253 e. The monoisotopic (exact) mass is 272 g/mol. The Bertz CT molecular complexity index is 338. The second kappa shape index (κ2) is 7.07. The van der Waals surface area contributed by atoms with Gasteiger partial charge >= 0.3 is 0 Å². The van der Waals surface area contributed by atoms with Gasteiger partial charge in [0.25, 0.3) is 5.24 Å². The van der Waals surface area contributed by atoms with Gasteiger partial charge in [0.1, 0.15) is 0 Å². The van der Waals surface area contributed by atoms with Crippen LogP contribution in [0, 0.1) is 0 Å². The fourth-order valence-corrected chi connectivity index (χ4v) is 1.25. The minimum Gasteiger partial charge on any atom is -0.285 e. The molecule has 2 nitrogen and oxygen atoms in total. The second-order valence-electron chi connectivity index (χ2n) is 1.96. The summed E-state index contributed by atoms with van der Waals surface area (Å²) in [5.74, 6) is 0.222. The largest absolute Gasteiger partial charge is 0.285 e. The molecule has 0 bridgehead atoms. The van der Waals surface area contributed by atoms with E-state index in [-0.39, 0.29) is 16.3 Å². The molecule has 76 valence electrons. The van der Waals surface area contributed by atoms with Gasteiger partial charge in [-0.1, -0.05) is 29.3 Å². The SMILES string of the molecule is O=C(Cl)c1cccc(Cl)c1Cl.O=CCl. The molecule has 0 N–H and O–H groups in total. The Morgan fingerprint density at radius 3 is 2.14 bits per heavy atom. The summed E-state index contributed by atoms with van der Waals surface area (Å²) in [6, 6.07) is 4.72. The van der Waals surface area contributed by atoms with E-state index in [4.69, 9.17) is 39.6 Å². The van der Waals surface area contributed by atoms with E-state index < -0.39 is 5.24 Å². The summed E-state index contributed by atoms with van der Waals surface area (Å²) in [5.41, 5.74) is 0.237. The Balaban J connectivity index is 0.000000500. The molecule has 0 aromatic heterocycles. The van der Waals surface area contributed by atoms with Crippen molar-refractivity contribution < 1.29 is 9.59 Å². The molecule has 0 saturated carbocycles. The Labute approximate surface area is 101 Å². The van der Waals surface area contributed by atoms with Crippen LogP contribution in [-0.4, -0.2) is 11.0 Å². The summed E-state index contributed by atoms with van der Waals surface area (Å²) < 4.78 is 0. The zero-order valence-electron chi connectivity index (χ0n) is 6.64. The van der Waals surface area contributed by atoms with Gasteiger partial charge < -0.3 is 0 Å². The molecule has 0 aliphatic carbocycles. The molecule has 0 saturated heterocycles. The lowest BCUT2D eigenvalue weighted by Gasteiger charge is -1.98. The molecule has 0 aliphatic rings. The van der Waals surface area contributed by atoms with E-state index >= 15 is 0 Å². The third-order valence-corrected chi connectivity index (χ3v) is 2.19. The van der Waals surface area contributed by atoms with Gasteiger partial charge in [0.05, 0.1) is 15.6 Å². The lowest BCUT2D eigenvalue weighted by molar-refractivity contribution is 0.108. The predicted octanol–water partition coefficient (Wildman–Crippen LogP) is 3.79. The number of halogens is 4. The molecule has 0 amide bonds. The molecule has 0 aliphatic heterocycles. The highest BCUT2D eigenvalue weighted by atomic mass is 35.5. The first-order valence-electron chi connectivity index (χ1n) is 3.22. The van der Waals surface area contributed by atoms with E-state index in [1.165, 1.54) is 6.07 Å². The Morgan fingerprint density at radius 1 is 1.29 bits per heavy atom. The number of carbonyl (C=O) groups excluding carboxylic acids is 2. The molecule has 0 unspecified atom stereocenters. The average Bonchev–Trinajstić information content (AvgIpc) is 2.10. The van der Waals surface area contributed by atoms with E-state index in [0.29, 0.717) is 5.02 Å². The van der Waals surface area contributed by atoms with Crippen LogP contribution in [0.5, 0.6) is 0 Å². The van der Waals surface area contributed by atoms with Crippen molar-refractivity contribution in [3.05, 3.63) is 33.8 Å². The summed E-state index contributed by atoms with van der Waals surface area (Å²) in [6.07, 6.45) is 0. The van der Waals surface area contributed by atoms with E-state index in [2.05, 4.69) is 11.6 Å². The minimum atomic E-state index is -0.600. The summed E-state index contributed by atoms with van der Waals surface area (Å²) in [6.45, 7) is 0. The lowest BCUT2D eigenvalue weighted by Crippen LogP contribution is -1.89. The number of carbonyl (C=O) groups is 2. The highest BCUT2D eigenvalue weighted by molar-refractivity contribution is 6.69. The second-order valence-corrected chi connectivity index (χ2v) is 3.27. The van der Waals surface area contributed by atoms with Gasteiger partial charge in [-0.05, 0) is 35.3 Å². The Morgan fingerprint density at radius 2 is 1.79 bits per heavy atom. The van der Waals surface area contributed by atoms with Crippen LogP contribution < -0.4 is 0 Å². The van der Waals surface area contributed by atoms with Crippen LogP contribution in [0.1, 0.15) is 10.4 Å². The van der Waals surface area contributed by atoms with Crippen LogP contribution in [0.15, 0.2) is 18.2 Å². The van der Waals surface area contributed by atoms with Crippen molar-refractivity contribution >= 4 is 57.4 Å². The van der Waals surface area contributed by atoms with Crippen molar-refractivity contribution in [2.45, 2.75) is 0 Å². The molecule has 0 spiro atoms. The van der Waals surface area contributed by atoms with Gasteiger partial charge in [-0.25, -0.2) is 0 Å². The van der Waals surface area contributed by atoms with Gasteiger partial charge in [-0.2, -0.15) is 0 Å². The first-order chi connectivity index (χ1) is 6.54. The molecule has 0 heterocycles. The highest BCUT2D eigenvalue weighted by Crippen LogP contribution is 2.26. The van der Waals surface area contributed by atoms with Crippen molar-refractivity contribution in [3.8, 4) is 0 Å². The molecular weight excluding hydrogens is 270 g/mol. The molecular formula is C8H4Cl4O2. The quantitative estimate of drug-likeness (QED) is 0.576. The standard InChI is InChI=1S/C7H3Cl3O.CHClO/c8-5-3-1-2-4(6(5)9)7(10)11;2-1-3/h1-3H;1H. The average molecular weight is 274 g/mol. The number of hydrogen-bond donors (Lipinski definition) is 0. The van der Waals surface area contributed by atoms with Crippen LogP contribution >= 0.6 is 46.4 Å². The molecule has 0 atom stereocenters. The maximum Gasteiger partial charge on any atom is 0.253 e. The van der Waals surface area contributed by atoms with Crippen molar-refractivity contribution in [2.75, 3.05) is 0 Å². The van der Waals surface area contributed by atoms with Crippen LogP contribution in [0.4, 0.5) is 0 Å². The number of benzene rings is 1. The van der Waals surface area contributed by atoms with Gasteiger partial charge in [0, 0.05) is 0 Å². The van der Waals surface area contributed by atoms with Crippen LogP contribution in [0.25, 0.3) is 0 Å². The Hall–Kier alpha value is -0.280. The van der Waals surface area contributed by atoms with E-state index in [1.807, 2.05) is 0 Å². The zero-order chi connectivity index (χ0) is 11.1. The summed E-state index contributed by atoms with van der Waals surface area (Å²) in [4.78, 5) is 19.2. The normalized spacial score (nSPS) is 8.57. The molecule has 1 aromatic carbocycles. The third-order valence-electron chi connectivity index (χ3n) is 1.16. The number of rotatable bonds is 1. The molecule has 14 heavy (non-hydrogen) atoms. The summed E-state index contributed by atoms with van der Waals surface area (Å²) >= 11 is 20.8. The van der Waals surface area contributed by atoms with E-state index in [1.54, 1.807) is 12.1 Å². The predicted molar refractivity (Wildman–Crippen MR) is 59.2 cm³/mol. The summed E-state index contributed by atoms with van der Waals surface area (Å²) in [7, 11) is 0. The first-order valence-corrected chi connectivity index (χ1v) is 4.79. The topological polar surface area (TPSA) is 34.1 Å². The lowest BCUT2D eigenvalue weighted by atomic mass is 10.2. The zero-order valence-corrected chi connectivity index (χ0v) is 9.66. The molecule has 1 aromatic rings. The van der Waals surface area contributed by atoms with Crippen molar-refractivity contribution in [3.63, 3.8) is 0 Å². The van der Waals surface area contributed by atoms with E-state index in [0.717, 1.165) is 0 Å². The molecule has 1 rings (SSSR count). The maximum absolute atomic E-state index is 10.6. The highest BCUT2D eigenvalue weighted by Gasteiger charge is 2.08. The molecule has 0 fully saturated rings. The van der Waals surface area contributed by atoms with Crippen LogP contribution in [0.2, 0.25) is 10.0 Å². The van der Waals surface area contributed by atoms with Gasteiger partial charge in [0.15, 0.2) is 0 Å². The van der Waals surface area contributed by atoms with E-state index in [9.17, 15) is 4.79 Å². The van der Waals surface area contributed by atoms with Gasteiger partial charge in [0.2, 0.25) is 5.75 Å². The van der Waals surface area contributed by atoms with Gasteiger partial charge in [-0.15, -0.1) is 0 Å². The first kappa shape index (κ1) is 13.7.